The number of nitrogens with zero attached hydrogens (tertiary/aromatic N) is 1. The van der Waals surface area contributed by atoms with E-state index in [-0.39, 0.29) is 16.8 Å². The second-order valence-electron chi connectivity index (χ2n) is 5.37. The number of pyridine rings is 1. The first-order chi connectivity index (χ1) is 11.4. The molecule has 0 saturated carbocycles. The largest absolute Gasteiger partial charge is 0.593 e. The van der Waals surface area contributed by atoms with Crippen LogP contribution in [0.2, 0.25) is 0 Å². The van der Waals surface area contributed by atoms with Gasteiger partial charge in [0.1, 0.15) is 17.8 Å². The summed E-state index contributed by atoms with van der Waals surface area (Å²) in [6.07, 6.45) is 2.86. The first-order valence-corrected chi connectivity index (χ1v) is 8.62. The summed E-state index contributed by atoms with van der Waals surface area (Å²) in [4.78, 5) is 12.2. The standard InChI is InChI=1S/C17H14F2N2O2S/c1-21-9-13(10-5-3-4-6-11(10)17(21)22)12-7-16(20-24(2)23)15(19)8-14(12)18/h3-9,20H,1-2H3. The van der Waals surface area contributed by atoms with E-state index in [4.69, 9.17) is 0 Å². The molecule has 24 heavy (non-hydrogen) atoms. The Balaban J connectivity index is 2.32. The Morgan fingerprint density at radius 2 is 1.75 bits per heavy atom. The number of rotatable bonds is 3. The third kappa shape index (κ3) is 2.88. The summed E-state index contributed by atoms with van der Waals surface area (Å²) in [6, 6.07) is 8.83. The van der Waals surface area contributed by atoms with E-state index < -0.39 is 23.0 Å². The van der Waals surface area contributed by atoms with Gasteiger partial charge in [-0.05, 0) is 17.5 Å². The maximum Gasteiger partial charge on any atom is 0.258 e. The minimum Gasteiger partial charge on any atom is -0.593 e. The average molecular weight is 348 g/mol. The number of anilines is 1. The van der Waals surface area contributed by atoms with Crippen LogP contribution in [0.1, 0.15) is 0 Å². The lowest BCUT2D eigenvalue weighted by Gasteiger charge is -2.13. The van der Waals surface area contributed by atoms with Crippen LogP contribution in [0.15, 0.2) is 47.4 Å². The molecule has 0 saturated heterocycles. The van der Waals surface area contributed by atoms with E-state index in [0.717, 1.165) is 6.07 Å². The Morgan fingerprint density at radius 1 is 1.08 bits per heavy atom. The second-order valence-corrected chi connectivity index (χ2v) is 6.48. The molecule has 7 heteroatoms. The van der Waals surface area contributed by atoms with Gasteiger partial charge in [0, 0.05) is 35.8 Å². The van der Waals surface area contributed by atoms with Gasteiger partial charge >= 0.3 is 0 Å². The molecule has 4 nitrogen and oxygen atoms in total. The van der Waals surface area contributed by atoms with Crippen molar-refractivity contribution in [3.8, 4) is 11.1 Å². The Morgan fingerprint density at radius 3 is 2.42 bits per heavy atom. The number of hydrogen-bond acceptors (Lipinski definition) is 3. The maximum absolute atomic E-state index is 14.4. The SMILES string of the molecule is Cn1cc(-c2cc(N[S+](C)[O-])c(F)cc2F)c2ccccc2c1=O. The molecule has 1 atom stereocenters. The highest BCUT2D eigenvalue weighted by Gasteiger charge is 2.17. The Kier molecular flexibility index (Phi) is 4.29. The molecule has 3 rings (SSSR count). The van der Waals surface area contributed by atoms with Crippen LogP contribution in [0.25, 0.3) is 21.9 Å². The highest BCUT2D eigenvalue weighted by atomic mass is 32.2. The smallest absolute Gasteiger partial charge is 0.258 e. The number of aryl methyl sites for hydroxylation is 1. The summed E-state index contributed by atoms with van der Waals surface area (Å²) in [5.74, 6) is -1.59. The van der Waals surface area contributed by atoms with Crippen LogP contribution in [0.5, 0.6) is 0 Å². The zero-order chi connectivity index (χ0) is 17.4. The molecule has 0 bridgehead atoms. The number of hydrogen-bond donors (Lipinski definition) is 1. The van der Waals surface area contributed by atoms with Crippen molar-refractivity contribution in [3.05, 3.63) is 64.6 Å². The molecule has 0 radical (unpaired) electrons. The summed E-state index contributed by atoms with van der Waals surface area (Å²) in [7, 11) is 1.57. The molecule has 2 aromatic carbocycles. The summed E-state index contributed by atoms with van der Waals surface area (Å²) in [6.45, 7) is 0. The Hall–Kier alpha value is -2.38. The first-order valence-electron chi connectivity index (χ1n) is 7.06. The van der Waals surface area contributed by atoms with Crippen molar-refractivity contribution in [2.75, 3.05) is 11.0 Å². The van der Waals surface area contributed by atoms with Crippen molar-refractivity contribution in [2.24, 2.45) is 7.05 Å². The summed E-state index contributed by atoms with van der Waals surface area (Å²) in [5.41, 5.74) is 0.307. The van der Waals surface area contributed by atoms with Crippen LogP contribution in [0.4, 0.5) is 14.5 Å². The fourth-order valence-electron chi connectivity index (χ4n) is 2.62. The minimum atomic E-state index is -1.50. The van der Waals surface area contributed by atoms with Crippen molar-refractivity contribution in [1.82, 2.24) is 4.57 Å². The zero-order valence-electron chi connectivity index (χ0n) is 13.0. The van der Waals surface area contributed by atoms with Crippen molar-refractivity contribution in [1.29, 1.82) is 0 Å². The number of nitrogens with one attached hydrogen (secondary N) is 1. The quantitative estimate of drug-likeness (QED) is 0.740. The number of benzene rings is 2. The minimum absolute atomic E-state index is 0.0647. The summed E-state index contributed by atoms with van der Waals surface area (Å²) in [5, 5.41) is 1.00. The third-order valence-corrected chi connectivity index (χ3v) is 4.20. The molecule has 0 aliphatic heterocycles. The van der Waals surface area contributed by atoms with E-state index in [1.165, 1.54) is 23.1 Å². The van der Waals surface area contributed by atoms with Crippen LogP contribution in [-0.2, 0) is 18.4 Å². The van der Waals surface area contributed by atoms with E-state index >= 15 is 0 Å². The summed E-state index contributed by atoms with van der Waals surface area (Å²) >= 11 is -1.50. The predicted octanol–water partition coefficient (Wildman–Crippen LogP) is 3.19. The van der Waals surface area contributed by atoms with Crippen molar-refractivity contribution >= 4 is 27.8 Å². The lowest BCUT2D eigenvalue weighted by molar-refractivity contribution is 0.585. The van der Waals surface area contributed by atoms with Crippen LogP contribution < -0.4 is 10.3 Å². The molecular weight excluding hydrogens is 334 g/mol. The highest BCUT2D eigenvalue weighted by Crippen LogP contribution is 2.32. The normalized spacial score (nSPS) is 12.4. The Labute approximate surface area is 140 Å². The van der Waals surface area contributed by atoms with Gasteiger partial charge in [0.05, 0.1) is 11.4 Å². The van der Waals surface area contributed by atoms with Gasteiger partial charge in [-0.1, -0.05) is 18.2 Å². The van der Waals surface area contributed by atoms with Crippen LogP contribution in [0.3, 0.4) is 0 Å². The third-order valence-electron chi connectivity index (χ3n) is 3.69. The van der Waals surface area contributed by atoms with Crippen LogP contribution in [0, 0.1) is 11.6 Å². The number of aromatic nitrogens is 1. The van der Waals surface area contributed by atoms with Gasteiger partial charge in [0.15, 0.2) is 5.82 Å². The zero-order valence-corrected chi connectivity index (χ0v) is 13.8. The molecule has 0 aliphatic rings. The van der Waals surface area contributed by atoms with E-state index in [0.29, 0.717) is 16.3 Å². The van der Waals surface area contributed by atoms with Gasteiger partial charge in [0.2, 0.25) is 0 Å². The van der Waals surface area contributed by atoms with Crippen LogP contribution in [-0.4, -0.2) is 15.4 Å². The lowest BCUT2D eigenvalue weighted by atomic mass is 9.99. The van der Waals surface area contributed by atoms with Gasteiger partial charge < -0.3 is 9.12 Å². The molecular formula is C17H14F2N2O2S. The lowest BCUT2D eigenvalue weighted by Crippen LogP contribution is -2.16. The van der Waals surface area contributed by atoms with Crippen LogP contribution >= 0.6 is 0 Å². The van der Waals surface area contributed by atoms with Gasteiger partial charge in [-0.25, -0.2) is 13.5 Å². The highest BCUT2D eigenvalue weighted by molar-refractivity contribution is 7.92. The van der Waals surface area contributed by atoms with E-state index in [9.17, 15) is 18.1 Å². The average Bonchev–Trinajstić information content (AvgIpc) is 2.53. The molecule has 124 valence electrons. The van der Waals surface area contributed by atoms with Crippen molar-refractivity contribution in [3.63, 3.8) is 0 Å². The molecule has 1 heterocycles. The van der Waals surface area contributed by atoms with E-state index in [1.807, 2.05) is 0 Å². The monoisotopic (exact) mass is 348 g/mol. The van der Waals surface area contributed by atoms with Crippen molar-refractivity contribution in [2.45, 2.75) is 0 Å². The van der Waals surface area contributed by atoms with E-state index in [1.54, 1.807) is 31.3 Å². The predicted molar refractivity (Wildman–Crippen MR) is 92.2 cm³/mol. The number of fused-ring (bicyclic) bond motifs is 1. The fraction of sp³-hybridized carbons (Fsp3) is 0.118. The van der Waals surface area contributed by atoms with Crippen molar-refractivity contribution < 1.29 is 13.3 Å². The molecule has 1 N–H and O–H groups in total. The van der Waals surface area contributed by atoms with Gasteiger partial charge in [-0.15, -0.1) is 0 Å². The molecule has 1 unspecified atom stereocenters. The van der Waals surface area contributed by atoms with Gasteiger partial charge in [-0.3, -0.25) is 4.79 Å². The van der Waals surface area contributed by atoms with Gasteiger partial charge in [-0.2, -0.15) is 0 Å². The number of halogens is 2. The van der Waals surface area contributed by atoms with Gasteiger partial charge in [0.25, 0.3) is 5.56 Å². The molecule has 3 aromatic rings. The first kappa shape index (κ1) is 16.5. The van der Waals surface area contributed by atoms with E-state index in [2.05, 4.69) is 4.72 Å². The topological polar surface area (TPSA) is 57.1 Å². The molecule has 0 fully saturated rings. The molecule has 0 aliphatic carbocycles. The Bertz CT molecular complexity index is 986. The molecule has 0 spiro atoms. The molecule has 1 aromatic heterocycles. The maximum atomic E-state index is 14.4. The second kappa shape index (κ2) is 6.26. The summed E-state index contributed by atoms with van der Waals surface area (Å²) < 4.78 is 43.4. The molecule has 0 amide bonds. The fourth-order valence-corrected chi connectivity index (χ4v) is 3.09.